The normalized spacial score (nSPS) is 14.8. The van der Waals surface area contributed by atoms with Crippen LogP contribution in [0.2, 0.25) is 0 Å². The summed E-state index contributed by atoms with van der Waals surface area (Å²) in [4.78, 5) is 26.5. The van der Waals surface area contributed by atoms with Crippen molar-refractivity contribution in [1.29, 1.82) is 0 Å². The maximum Gasteiger partial charge on any atom is 0.275 e. The molecule has 0 saturated carbocycles. The fraction of sp³-hybridized carbons (Fsp3) is 0.333. The summed E-state index contributed by atoms with van der Waals surface area (Å²) < 4.78 is 0. The lowest BCUT2D eigenvalue weighted by Gasteiger charge is -2.30. The number of carbonyl (C=O) groups excluding carboxylic acids is 1. The molecule has 0 radical (unpaired) electrons. The summed E-state index contributed by atoms with van der Waals surface area (Å²) in [6.07, 6.45) is 11.6. The molecule has 3 heterocycles. The zero-order chi connectivity index (χ0) is 14.5. The molecule has 0 aromatic carbocycles. The largest absolute Gasteiger partial charge is 0.370 e. The Kier molecular flexibility index (Phi) is 4.04. The minimum Gasteiger partial charge on any atom is -0.370 e. The van der Waals surface area contributed by atoms with Crippen LogP contribution in [-0.2, 0) is 0 Å². The lowest BCUT2D eigenvalue weighted by atomic mass is 10.1. The third kappa shape index (κ3) is 3.16. The van der Waals surface area contributed by atoms with Gasteiger partial charge in [-0.05, 0) is 25.3 Å². The fourth-order valence-corrected chi connectivity index (χ4v) is 2.50. The number of amides is 1. The fourth-order valence-electron chi connectivity index (χ4n) is 2.50. The number of hydrogen-bond donors (Lipinski definition) is 1. The van der Waals surface area contributed by atoms with E-state index < -0.39 is 0 Å². The van der Waals surface area contributed by atoms with Crippen LogP contribution < -0.4 is 10.2 Å². The second-order valence-corrected chi connectivity index (χ2v) is 4.99. The van der Waals surface area contributed by atoms with Crippen LogP contribution in [0.4, 0.5) is 11.4 Å². The van der Waals surface area contributed by atoms with Crippen molar-refractivity contribution in [2.45, 2.75) is 19.3 Å². The van der Waals surface area contributed by atoms with Gasteiger partial charge in [0.25, 0.3) is 5.91 Å². The van der Waals surface area contributed by atoms with Crippen LogP contribution >= 0.6 is 0 Å². The summed E-state index contributed by atoms with van der Waals surface area (Å²) in [6, 6.07) is 1.94. The third-order valence-electron chi connectivity index (χ3n) is 3.54. The van der Waals surface area contributed by atoms with E-state index in [9.17, 15) is 4.79 Å². The first-order valence-corrected chi connectivity index (χ1v) is 7.11. The number of aromatic nitrogens is 3. The van der Waals surface area contributed by atoms with Crippen molar-refractivity contribution < 1.29 is 4.79 Å². The highest BCUT2D eigenvalue weighted by atomic mass is 16.1. The van der Waals surface area contributed by atoms with Crippen molar-refractivity contribution in [3.05, 3.63) is 42.7 Å². The second-order valence-electron chi connectivity index (χ2n) is 4.99. The van der Waals surface area contributed by atoms with Crippen LogP contribution in [-0.4, -0.2) is 33.9 Å². The molecule has 1 amide bonds. The van der Waals surface area contributed by atoms with E-state index in [0.29, 0.717) is 5.69 Å². The summed E-state index contributed by atoms with van der Waals surface area (Å²) in [5.74, 6) is -0.269. The Labute approximate surface area is 123 Å². The number of anilines is 2. The molecular formula is C15H17N5O. The molecule has 1 fully saturated rings. The summed E-state index contributed by atoms with van der Waals surface area (Å²) in [6.45, 7) is 2.02. The maximum atomic E-state index is 12.2. The molecule has 0 atom stereocenters. The van der Waals surface area contributed by atoms with E-state index >= 15 is 0 Å². The highest BCUT2D eigenvalue weighted by Crippen LogP contribution is 2.27. The number of piperidine rings is 1. The quantitative estimate of drug-likeness (QED) is 0.934. The number of hydrogen-bond acceptors (Lipinski definition) is 5. The van der Waals surface area contributed by atoms with Crippen molar-refractivity contribution in [3.63, 3.8) is 0 Å². The van der Waals surface area contributed by atoms with Gasteiger partial charge in [-0.2, -0.15) is 0 Å². The van der Waals surface area contributed by atoms with Gasteiger partial charge in [0.15, 0.2) is 0 Å². The van der Waals surface area contributed by atoms with Crippen LogP contribution in [0.5, 0.6) is 0 Å². The predicted octanol–water partition coefficient (Wildman–Crippen LogP) is 2.11. The molecule has 0 aliphatic carbocycles. The number of nitrogens with zero attached hydrogens (tertiary/aromatic N) is 4. The van der Waals surface area contributed by atoms with E-state index in [-0.39, 0.29) is 5.91 Å². The topological polar surface area (TPSA) is 71.0 Å². The van der Waals surface area contributed by atoms with Gasteiger partial charge in [0.1, 0.15) is 5.69 Å². The van der Waals surface area contributed by atoms with Gasteiger partial charge in [0.05, 0.1) is 23.8 Å². The maximum absolute atomic E-state index is 12.2. The number of nitrogens with one attached hydrogen (secondary N) is 1. The first-order chi connectivity index (χ1) is 10.3. The zero-order valence-electron chi connectivity index (χ0n) is 11.7. The lowest BCUT2D eigenvalue weighted by molar-refractivity contribution is 0.102. The molecule has 1 N–H and O–H groups in total. The van der Waals surface area contributed by atoms with Gasteiger partial charge in [-0.1, -0.05) is 0 Å². The molecule has 2 aromatic heterocycles. The van der Waals surface area contributed by atoms with Crippen LogP contribution in [0.1, 0.15) is 29.8 Å². The van der Waals surface area contributed by atoms with Crippen molar-refractivity contribution in [1.82, 2.24) is 15.0 Å². The number of rotatable bonds is 3. The molecule has 1 aliphatic rings. The minimum absolute atomic E-state index is 0.269. The Hall–Kier alpha value is -2.50. The summed E-state index contributed by atoms with van der Waals surface area (Å²) in [5, 5.41) is 2.88. The van der Waals surface area contributed by atoms with Crippen LogP contribution in [0.15, 0.2) is 37.1 Å². The van der Waals surface area contributed by atoms with Gasteiger partial charge in [0.2, 0.25) is 0 Å². The molecule has 2 aromatic rings. The molecule has 0 unspecified atom stereocenters. The van der Waals surface area contributed by atoms with Crippen molar-refractivity contribution in [2.24, 2.45) is 0 Å². The van der Waals surface area contributed by atoms with E-state index in [4.69, 9.17) is 0 Å². The Balaban J connectivity index is 1.80. The standard InChI is InChI=1S/C15H17N5O/c21-15(13-11-17-6-7-18-13)19-12-10-16-5-4-14(12)20-8-2-1-3-9-20/h4-7,10-11H,1-3,8-9H2,(H,19,21). The number of carbonyl (C=O) groups is 1. The molecule has 108 valence electrons. The van der Waals surface area contributed by atoms with Gasteiger partial charge < -0.3 is 10.2 Å². The zero-order valence-corrected chi connectivity index (χ0v) is 11.7. The minimum atomic E-state index is -0.269. The highest BCUT2D eigenvalue weighted by Gasteiger charge is 2.16. The van der Waals surface area contributed by atoms with Crippen LogP contribution in [0.3, 0.4) is 0 Å². The van der Waals surface area contributed by atoms with Gasteiger partial charge in [0, 0.05) is 31.7 Å². The van der Waals surface area contributed by atoms with Gasteiger partial charge in [-0.25, -0.2) is 4.98 Å². The smallest absolute Gasteiger partial charge is 0.275 e. The molecule has 0 bridgehead atoms. The first-order valence-electron chi connectivity index (χ1n) is 7.11. The van der Waals surface area contributed by atoms with Crippen molar-refractivity contribution in [2.75, 3.05) is 23.3 Å². The third-order valence-corrected chi connectivity index (χ3v) is 3.54. The average Bonchev–Trinajstić information content (AvgIpc) is 2.57. The highest BCUT2D eigenvalue weighted by molar-refractivity contribution is 6.04. The van der Waals surface area contributed by atoms with Crippen LogP contribution in [0.25, 0.3) is 0 Å². The van der Waals surface area contributed by atoms with E-state index in [1.54, 1.807) is 18.6 Å². The van der Waals surface area contributed by atoms with Gasteiger partial charge in [-0.15, -0.1) is 0 Å². The lowest BCUT2D eigenvalue weighted by Crippen LogP contribution is -2.30. The van der Waals surface area contributed by atoms with Crippen molar-refractivity contribution >= 4 is 17.3 Å². The van der Waals surface area contributed by atoms with Gasteiger partial charge in [-0.3, -0.25) is 14.8 Å². The Morgan fingerprint density at radius 1 is 1.05 bits per heavy atom. The van der Waals surface area contributed by atoms with E-state index in [1.165, 1.54) is 31.7 Å². The average molecular weight is 283 g/mol. The Morgan fingerprint density at radius 3 is 2.62 bits per heavy atom. The van der Waals surface area contributed by atoms with E-state index in [0.717, 1.165) is 24.5 Å². The molecule has 1 saturated heterocycles. The molecule has 6 heteroatoms. The molecule has 21 heavy (non-hydrogen) atoms. The molecule has 0 spiro atoms. The summed E-state index contributed by atoms with van der Waals surface area (Å²) in [5.41, 5.74) is 2.03. The monoisotopic (exact) mass is 283 g/mol. The van der Waals surface area contributed by atoms with Crippen molar-refractivity contribution in [3.8, 4) is 0 Å². The predicted molar refractivity (Wildman–Crippen MR) is 80.3 cm³/mol. The SMILES string of the molecule is O=C(Nc1cnccc1N1CCCCC1)c1cnccn1. The van der Waals surface area contributed by atoms with Crippen LogP contribution in [0, 0.1) is 0 Å². The molecule has 1 aliphatic heterocycles. The molecule has 6 nitrogen and oxygen atoms in total. The van der Waals surface area contributed by atoms with Gasteiger partial charge >= 0.3 is 0 Å². The first kappa shape index (κ1) is 13.5. The number of pyridine rings is 1. The Morgan fingerprint density at radius 2 is 1.86 bits per heavy atom. The summed E-state index contributed by atoms with van der Waals surface area (Å²) >= 11 is 0. The Bertz CT molecular complexity index is 610. The van der Waals surface area contributed by atoms with E-state index in [1.807, 2.05) is 6.07 Å². The second kappa shape index (κ2) is 6.30. The van der Waals surface area contributed by atoms with E-state index in [2.05, 4.69) is 25.2 Å². The summed E-state index contributed by atoms with van der Waals surface area (Å²) in [7, 11) is 0. The molecular weight excluding hydrogens is 266 g/mol. The molecule has 3 rings (SSSR count).